The zero-order valence-corrected chi connectivity index (χ0v) is 9.34. The Morgan fingerprint density at radius 3 is 2.82 bits per heavy atom. The Hall–Kier alpha value is -1.69. The van der Waals surface area contributed by atoms with Gasteiger partial charge in [-0.25, -0.2) is 8.78 Å². The van der Waals surface area contributed by atoms with E-state index in [0.29, 0.717) is 0 Å². The minimum Gasteiger partial charge on any atom is -0.407 e. The first-order valence-electron chi connectivity index (χ1n) is 4.75. The number of halogens is 3. The Balaban J connectivity index is 2.04. The number of alkyl halides is 1. The van der Waals surface area contributed by atoms with Crippen LogP contribution in [0.2, 0.25) is 0 Å². The fraction of sp³-hybridized carbons (Fsp3) is 0.200. The molecule has 0 bridgehead atoms. The van der Waals surface area contributed by atoms with Gasteiger partial charge in [-0.1, -0.05) is 5.10 Å². The van der Waals surface area contributed by atoms with Gasteiger partial charge in [0.25, 0.3) is 0 Å². The smallest absolute Gasteiger partial charge is 0.315 e. The van der Waals surface area contributed by atoms with Crippen LogP contribution in [0.25, 0.3) is 0 Å². The van der Waals surface area contributed by atoms with Gasteiger partial charge < -0.3 is 9.73 Å². The molecule has 0 saturated carbocycles. The van der Waals surface area contributed by atoms with Gasteiger partial charge in [-0.15, -0.1) is 16.7 Å². The molecule has 2 aromatic rings. The molecule has 1 N–H and O–H groups in total. The molecule has 0 spiro atoms. The molecule has 90 valence electrons. The molecule has 0 aliphatic heterocycles. The Morgan fingerprint density at radius 1 is 1.29 bits per heavy atom. The van der Waals surface area contributed by atoms with Crippen molar-refractivity contribution in [3.63, 3.8) is 0 Å². The Kier molecular flexibility index (Phi) is 3.53. The fourth-order valence-corrected chi connectivity index (χ4v) is 1.34. The molecular weight excluding hydrogens is 252 g/mol. The van der Waals surface area contributed by atoms with Crippen molar-refractivity contribution in [1.29, 1.82) is 0 Å². The molecule has 0 unspecified atom stereocenters. The maximum absolute atomic E-state index is 13.2. The first-order valence-corrected chi connectivity index (χ1v) is 5.28. The van der Waals surface area contributed by atoms with Gasteiger partial charge in [0.15, 0.2) is 0 Å². The van der Waals surface area contributed by atoms with Crippen molar-refractivity contribution in [3.05, 3.63) is 41.3 Å². The van der Waals surface area contributed by atoms with Crippen molar-refractivity contribution in [3.8, 4) is 0 Å². The van der Waals surface area contributed by atoms with Crippen molar-refractivity contribution < 1.29 is 13.2 Å². The van der Waals surface area contributed by atoms with E-state index in [1.54, 1.807) is 0 Å². The van der Waals surface area contributed by atoms with Crippen LogP contribution >= 0.6 is 11.6 Å². The SMILES string of the molecule is Fc1ccc(F)c(CNc2nnc(CCl)o2)c1. The Labute approximate surface area is 101 Å². The molecule has 4 nitrogen and oxygen atoms in total. The molecule has 0 amide bonds. The van der Waals surface area contributed by atoms with Gasteiger partial charge in [0.2, 0.25) is 5.89 Å². The van der Waals surface area contributed by atoms with Crippen LogP contribution in [0.1, 0.15) is 11.5 Å². The lowest BCUT2D eigenvalue weighted by Gasteiger charge is -2.03. The van der Waals surface area contributed by atoms with Crippen LogP contribution in [0, 0.1) is 11.6 Å². The highest BCUT2D eigenvalue weighted by Gasteiger charge is 2.07. The van der Waals surface area contributed by atoms with Crippen molar-refractivity contribution >= 4 is 17.6 Å². The van der Waals surface area contributed by atoms with E-state index in [9.17, 15) is 8.78 Å². The maximum Gasteiger partial charge on any atom is 0.315 e. The van der Waals surface area contributed by atoms with Gasteiger partial charge in [0.1, 0.15) is 17.5 Å². The van der Waals surface area contributed by atoms with E-state index in [1.807, 2.05) is 0 Å². The van der Waals surface area contributed by atoms with Crippen LogP contribution in [-0.4, -0.2) is 10.2 Å². The molecular formula is C10H8ClF2N3O. The lowest BCUT2D eigenvalue weighted by atomic mass is 10.2. The molecule has 0 saturated heterocycles. The van der Waals surface area contributed by atoms with Crippen LogP contribution in [0.4, 0.5) is 14.8 Å². The first kappa shape index (κ1) is 11.8. The third kappa shape index (κ3) is 2.91. The molecule has 1 aromatic heterocycles. The lowest BCUT2D eigenvalue weighted by molar-refractivity contribution is 0.523. The van der Waals surface area contributed by atoms with Crippen LogP contribution in [-0.2, 0) is 12.4 Å². The molecule has 7 heteroatoms. The highest BCUT2D eigenvalue weighted by molar-refractivity contribution is 6.16. The van der Waals surface area contributed by atoms with Crippen LogP contribution in [0.15, 0.2) is 22.6 Å². The van der Waals surface area contributed by atoms with Crippen LogP contribution < -0.4 is 5.32 Å². The summed E-state index contributed by atoms with van der Waals surface area (Å²) in [4.78, 5) is 0. The second-order valence-electron chi connectivity index (χ2n) is 3.22. The Bertz CT molecular complexity index is 518. The summed E-state index contributed by atoms with van der Waals surface area (Å²) in [7, 11) is 0. The molecule has 0 radical (unpaired) electrons. The van der Waals surface area contributed by atoms with E-state index in [4.69, 9.17) is 16.0 Å². The van der Waals surface area contributed by atoms with Crippen molar-refractivity contribution in [2.45, 2.75) is 12.4 Å². The third-order valence-electron chi connectivity index (χ3n) is 2.02. The van der Waals surface area contributed by atoms with Crippen molar-refractivity contribution in [2.75, 3.05) is 5.32 Å². The van der Waals surface area contributed by atoms with E-state index in [-0.39, 0.29) is 29.9 Å². The molecule has 0 atom stereocenters. The zero-order valence-electron chi connectivity index (χ0n) is 8.58. The largest absolute Gasteiger partial charge is 0.407 e. The van der Waals surface area contributed by atoms with E-state index < -0.39 is 11.6 Å². The number of rotatable bonds is 4. The molecule has 0 aliphatic rings. The van der Waals surface area contributed by atoms with E-state index in [1.165, 1.54) is 0 Å². The van der Waals surface area contributed by atoms with Crippen molar-refractivity contribution in [1.82, 2.24) is 10.2 Å². The van der Waals surface area contributed by atoms with Crippen molar-refractivity contribution in [2.24, 2.45) is 0 Å². The summed E-state index contributed by atoms with van der Waals surface area (Å²) in [6.45, 7) is 0.0491. The topological polar surface area (TPSA) is 51.0 Å². The standard InChI is InChI=1S/C10H8ClF2N3O/c11-4-9-15-16-10(17-9)14-5-6-3-7(12)1-2-8(6)13/h1-3H,4-5H2,(H,14,16). The molecule has 0 fully saturated rings. The zero-order chi connectivity index (χ0) is 12.3. The summed E-state index contributed by atoms with van der Waals surface area (Å²) in [5.74, 6) is -0.650. The fourth-order valence-electron chi connectivity index (χ4n) is 1.23. The highest BCUT2D eigenvalue weighted by Crippen LogP contribution is 2.13. The highest BCUT2D eigenvalue weighted by atomic mass is 35.5. The van der Waals surface area contributed by atoms with Gasteiger partial charge in [0.05, 0.1) is 0 Å². The summed E-state index contributed by atoms with van der Waals surface area (Å²) in [6.07, 6.45) is 0. The maximum atomic E-state index is 13.2. The quantitative estimate of drug-likeness (QED) is 0.858. The summed E-state index contributed by atoms with van der Waals surface area (Å²) in [5, 5.41) is 9.91. The van der Waals surface area contributed by atoms with Crippen LogP contribution in [0.5, 0.6) is 0 Å². The summed E-state index contributed by atoms with van der Waals surface area (Å²) >= 11 is 5.47. The molecule has 1 heterocycles. The van der Waals surface area contributed by atoms with Crippen LogP contribution in [0.3, 0.4) is 0 Å². The predicted molar refractivity (Wildman–Crippen MR) is 57.5 cm³/mol. The summed E-state index contributed by atoms with van der Waals surface area (Å²) in [6, 6.07) is 3.33. The predicted octanol–water partition coefficient (Wildman–Crippen LogP) is 2.70. The van der Waals surface area contributed by atoms with E-state index in [2.05, 4.69) is 15.5 Å². The lowest BCUT2D eigenvalue weighted by Crippen LogP contribution is -2.02. The van der Waals surface area contributed by atoms with Gasteiger partial charge in [0, 0.05) is 12.1 Å². The second kappa shape index (κ2) is 5.09. The van der Waals surface area contributed by atoms with E-state index >= 15 is 0 Å². The summed E-state index contributed by atoms with van der Waals surface area (Å²) in [5.41, 5.74) is 0.177. The van der Waals surface area contributed by atoms with Gasteiger partial charge in [-0.3, -0.25) is 0 Å². The molecule has 0 aliphatic carbocycles. The van der Waals surface area contributed by atoms with Gasteiger partial charge in [-0.05, 0) is 18.2 Å². The number of anilines is 1. The summed E-state index contributed by atoms with van der Waals surface area (Å²) < 4.78 is 31.2. The number of benzene rings is 1. The number of nitrogens with one attached hydrogen (secondary N) is 1. The number of aromatic nitrogens is 2. The van der Waals surface area contributed by atoms with Gasteiger partial charge >= 0.3 is 6.01 Å². The average molecular weight is 260 g/mol. The minimum absolute atomic E-state index is 0.0491. The first-order chi connectivity index (χ1) is 8.19. The number of hydrogen-bond donors (Lipinski definition) is 1. The average Bonchev–Trinajstić information content (AvgIpc) is 2.78. The number of hydrogen-bond acceptors (Lipinski definition) is 4. The molecule has 1 aromatic carbocycles. The monoisotopic (exact) mass is 259 g/mol. The Morgan fingerprint density at radius 2 is 2.12 bits per heavy atom. The number of nitrogens with zero attached hydrogens (tertiary/aromatic N) is 2. The molecule has 17 heavy (non-hydrogen) atoms. The minimum atomic E-state index is -0.504. The second-order valence-corrected chi connectivity index (χ2v) is 3.49. The van der Waals surface area contributed by atoms with E-state index in [0.717, 1.165) is 18.2 Å². The molecule has 2 rings (SSSR count). The van der Waals surface area contributed by atoms with Gasteiger partial charge in [-0.2, -0.15) is 0 Å². The normalized spacial score (nSPS) is 10.5. The third-order valence-corrected chi connectivity index (χ3v) is 2.25.